The van der Waals surface area contributed by atoms with Crippen molar-refractivity contribution in [2.24, 2.45) is 0 Å². The second-order valence-corrected chi connectivity index (χ2v) is 8.14. The molecule has 0 saturated carbocycles. The second kappa shape index (κ2) is 5.76. The molecular formula is C17H22N2O3S. The highest BCUT2D eigenvalue weighted by Crippen LogP contribution is 2.39. The van der Waals surface area contributed by atoms with Gasteiger partial charge in [-0.3, -0.25) is 0 Å². The fraction of sp³-hybridized carbons (Fsp3) is 0.471. The van der Waals surface area contributed by atoms with E-state index < -0.39 is 10.0 Å². The fourth-order valence-electron chi connectivity index (χ4n) is 3.39. The van der Waals surface area contributed by atoms with E-state index in [1.165, 1.54) is 0 Å². The molecule has 1 aliphatic rings. The molecule has 0 bridgehead atoms. The van der Waals surface area contributed by atoms with E-state index in [4.69, 9.17) is 4.52 Å². The highest BCUT2D eigenvalue weighted by atomic mass is 32.2. The fourth-order valence-corrected chi connectivity index (χ4v) is 5.37. The Kier molecular flexibility index (Phi) is 4.06. The van der Waals surface area contributed by atoms with E-state index in [9.17, 15) is 8.42 Å². The van der Waals surface area contributed by atoms with E-state index in [0.29, 0.717) is 17.2 Å². The van der Waals surface area contributed by atoms with Crippen LogP contribution in [0.5, 0.6) is 0 Å². The third kappa shape index (κ3) is 2.70. The van der Waals surface area contributed by atoms with E-state index in [1.807, 2.05) is 39.8 Å². The van der Waals surface area contributed by atoms with Gasteiger partial charge in [-0.2, -0.15) is 4.31 Å². The molecule has 0 N–H and O–H groups in total. The van der Waals surface area contributed by atoms with Gasteiger partial charge < -0.3 is 4.52 Å². The molecule has 1 aliphatic heterocycles. The molecule has 23 heavy (non-hydrogen) atoms. The molecular weight excluding hydrogens is 312 g/mol. The number of sulfonamides is 1. The molecule has 1 aromatic heterocycles. The standard InChI is InChI=1S/C17H22N2O3S/c1-11-7-8-12(2)16(10-11)23(20,21)19-9-5-6-15(19)17-13(3)18-22-14(17)4/h7-8,10,15H,5-6,9H2,1-4H3/t15-/m1/s1. The average molecular weight is 334 g/mol. The highest BCUT2D eigenvalue weighted by molar-refractivity contribution is 7.89. The van der Waals surface area contributed by atoms with Crippen molar-refractivity contribution in [3.05, 3.63) is 46.3 Å². The Morgan fingerprint density at radius 1 is 1.22 bits per heavy atom. The van der Waals surface area contributed by atoms with Gasteiger partial charge in [0.2, 0.25) is 10.0 Å². The number of hydrogen-bond donors (Lipinski definition) is 0. The Balaban J connectivity index is 2.07. The van der Waals surface area contributed by atoms with E-state index in [-0.39, 0.29) is 6.04 Å². The Morgan fingerprint density at radius 2 is 1.96 bits per heavy atom. The maximum Gasteiger partial charge on any atom is 0.243 e. The van der Waals surface area contributed by atoms with Gasteiger partial charge in [0, 0.05) is 12.1 Å². The van der Waals surface area contributed by atoms with Crippen molar-refractivity contribution in [3.63, 3.8) is 0 Å². The predicted molar refractivity (Wildman–Crippen MR) is 87.8 cm³/mol. The molecule has 2 aromatic rings. The van der Waals surface area contributed by atoms with Gasteiger partial charge in [0.15, 0.2) is 0 Å². The lowest BCUT2D eigenvalue weighted by Gasteiger charge is -2.25. The van der Waals surface area contributed by atoms with Crippen LogP contribution in [0.15, 0.2) is 27.6 Å². The molecule has 2 heterocycles. The van der Waals surface area contributed by atoms with Gasteiger partial charge in [-0.05, 0) is 57.7 Å². The zero-order valence-corrected chi connectivity index (χ0v) is 14.8. The van der Waals surface area contributed by atoms with Gasteiger partial charge in [-0.1, -0.05) is 17.3 Å². The molecule has 6 heteroatoms. The smallest absolute Gasteiger partial charge is 0.243 e. The first-order valence-electron chi connectivity index (χ1n) is 7.84. The van der Waals surface area contributed by atoms with Crippen molar-refractivity contribution < 1.29 is 12.9 Å². The molecule has 3 rings (SSSR count). The maximum atomic E-state index is 13.2. The Bertz CT molecular complexity index is 820. The van der Waals surface area contributed by atoms with Crippen molar-refractivity contribution in [1.29, 1.82) is 0 Å². The van der Waals surface area contributed by atoms with Gasteiger partial charge in [0.25, 0.3) is 0 Å². The van der Waals surface area contributed by atoms with Crippen LogP contribution in [0.3, 0.4) is 0 Å². The minimum Gasteiger partial charge on any atom is -0.361 e. The highest BCUT2D eigenvalue weighted by Gasteiger charge is 2.39. The van der Waals surface area contributed by atoms with E-state index in [0.717, 1.165) is 35.2 Å². The first-order valence-corrected chi connectivity index (χ1v) is 9.28. The predicted octanol–water partition coefficient (Wildman–Crippen LogP) is 3.43. The Hall–Kier alpha value is -1.66. The molecule has 1 fully saturated rings. The normalized spacial score (nSPS) is 19.4. The topological polar surface area (TPSA) is 63.4 Å². The van der Waals surface area contributed by atoms with Crippen LogP contribution in [-0.4, -0.2) is 24.4 Å². The molecule has 0 aliphatic carbocycles. The summed E-state index contributed by atoms with van der Waals surface area (Å²) in [6, 6.07) is 5.37. The minimum absolute atomic E-state index is 0.189. The number of rotatable bonds is 3. The van der Waals surface area contributed by atoms with Crippen LogP contribution in [0, 0.1) is 27.7 Å². The van der Waals surface area contributed by atoms with Crippen molar-refractivity contribution >= 4 is 10.0 Å². The van der Waals surface area contributed by atoms with Crippen molar-refractivity contribution in [3.8, 4) is 0 Å². The monoisotopic (exact) mass is 334 g/mol. The van der Waals surface area contributed by atoms with Crippen molar-refractivity contribution in [2.45, 2.75) is 51.5 Å². The summed E-state index contributed by atoms with van der Waals surface area (Å²) >= 11 is 0. The van der Waals surface area contributed by atoms with Crippen LogP contribution < -0.4 is 0 Å². The molecule has 0 radical (unpaired) electrons. The lowest BCUT2D eigenvalue weighted by molar-refractivity contribution is 0.376. The number of aryl methyl sites for hydroxylation is 4. The van der Waals surface area contributed by atoms with E-state index in [2.05, 4.69) is 5.16 Å². The molecule has 124 valence electrons. The zero-order valence-electron chi connectivity index (χ0n) is 14.0. The van der Waals surface area contributed by atoms with Gasteiger partial charge >= 0.3 is 0 Å². The van der Waals surface area contributed by atoms with Crippen LogP contribution >= 0.6 is 0 Å². The van der Waals surface area contributed by atoms with Crippen LogP contribution in [0.25, 0.3) is 0 Å². The molecule has 0 unspecified atom stereocenters. The number of aromatic nitrogens is 1. The van der Waals surface area contributed by atoms with Crippen molar-refractivity contribution in [2.75, 3.05) is 6.54 Å². The van der Waals surface area contributed by atoms with E-state index >= 15 is 0 Å². The number of nitrogens with zero attached hydrogens (tertiary/aromatic N) is 2. The number of benzene rings is 1. The van der Waals surface area contributed by atoms with Crippen LogP contribution in [-0.2, 0) is 10.0 Å². The van der Waals surface area contributed by atoms with E-state index in [1.54, 1.807) is 10.4 Å². The molecule has 1 atom stereocenters. The lowest BCUT2D eigenvalue weighted by atomic mass is 10.0. The summed E-state index contributed by atoms with van der Waals surface area (Å²) < 4.78 is 33.3. The maximum absolute atomic E-state index is 13.2. The average Bonchev–Trinajstić information content (AvgIpc) is 3.08. The molecule has 1 saturated heterocycles. The van der Waals surface area contributed by atoms with Gasteiger partial charge in [-0.25, -0.2) is 8.42 Å². The summed E-state index contributed by atoms with van der Waals surface area (Å²) in [5.41, 5.74) is 3.41. The first kappa shape index (κ1) is 16.2. The zero-order chi connectivity index (χ0) is 16.8. The SMILES string of the molecule is Cc1ccc(C)c(S(=O)(=O)N2CCC[C@@H]2c2c(C)noc2C)c1. The third-order valence-corrected chi connectivity index (χ3v) is 6.61. The van der Waals surface area contributed by atoms with Gasteiger partial charge in [0.1, 0.15) is 5.76 Å². The minimum atomic E-state index is -3.54. The number of hydrogen-bond acceptors (Lipinski definition) is 4. The molecule has 1 aromatic carbocycles. The second-order valence-electron chi connectivity index (χ2n) is 6.28. The van der Waals surface area contributed by atoms with Crippen LogP contribution in [0.4, 0.5) is 0 Å². The summed E-state index contributed by atoms with van der Waals surface area (Å²) in [4.78, 5) is 0.399. The third-order valence-electron chi connectivity index (χ3n) is 4.56. The largest absolute Gasteiger partial charge is 0.361 e. The Morgan fingerprint density at radius 3 is 2.61 bits per heavy atom. The summed E-state index contributed by atoms with van der Waals surface area (Å²) in [5.74, 6) is 0.704. The molecule has 0 spiro atoms. The van der Waals surface area contributed by atoms with Gasteiger partial charge in [-0.15, -0.1) is 0 Å². The Labute approximate surface area is 137 Å². The molecule has 0 amide bonds. The van der Waals surface area contributed by atoms with Crippen LogP contribution in [0.2, 0.25) is 0 Å². The summed E-state index contributed by atoms with van der Waals surface area (Å²) in [5, 5.41) is 3.99. The first-order chi connectivity index (χ1) is 10.8. The summed E-state index contributed by atoms with van der Waals surface area (Å²) in [6.07, 6.45) is 1.64. The summed E-state index contributed by atoms with van der Waals surface area (Å²) in [6.45, 7) is 8.00. The quantitative estimate of drug-likeness (QED) is 0.862. The van der Waals surface area contributed by atoms with Crippen molar-refractivity contribution in [1.82, 2.24) is 9.46 Å². The lowest BCUT2D eigenvalue weighted by Crippen LogP contribution is -2.31. The van der Waals surface area contributed by atoms with Crippen LogP contribution in [0.1, 0.15) is 47.0 Å². The molecule has 5 nitrogen and oxygen atoms in total. The summed E-state index contributed by atoms with van der Waals surface area (Å²) in [7, 11) is -3.54. The van der Waals surface area contributed by atoms with Gasteiger partial charge in [0.05, 0.1) is 16.6 Å².